The number of hydrogen-bond acceptors (Lipinski definition) is 4. The van der Waals surface area contributed by atoms with Gasteiger partial charge in [0.05, 0.1) is 11.4 Å². The minimum atomic E-state index is -0.269. The number of benzene rings is 2. The maximum absolute atomic E-state index is 10.3. The van der Waals surface area contributed by atoms with E-state index < -0.39 is 0 Å². The van der Waals surface area contributed by atoms with Gasteiger partial charge >= 0.3 is 0 Å². The van der Waals surface area contributed by atoms with Crippen molar-refractivity contribution in [3.8, 4) is 11.5 Å². The molecule has 0 aromatic heterocycles. The third-order valence-corrected chi connectivity index (χ3v) is 5.98. The smallest absolute Gasteiger partial charge is 0.138 e. The number of aryl methyl sites for hydroxylation is 1. The van der Waals surface area contributed by atoms with Gasteiger partial charge in [-0.1, -0.05) is 34.1 Å². The van der Waals surface area contributed by atoms with Crippen molar-refractivity contribution < 1.29 is 10.2 Å². The lowest BCUT2D eigenvalue weighted by Gasteiger charge is -2.35. The van der Waals surface area contributed by atoms with E-state index in [1.807, 2.05) is 24.3 Å². The van der Waals surface area contributed by atoms with Gasteiger partial charge in [-0.3, -0.25) is 0 Å². The SMILES string of the molecule is CCCC1(c2cc(O)c(N)cc2CC)CC(C)(C)c2cc(N)c(O)cc21. The molecule has 0 spiro atoms. The summed E-state index contributed by atoms with van der Waals surface area (Å²) in [7, 11) is 0. The summed E-state index contributed by atoms with van der Waals surface area (Å²) in [5.74, 6) is 0.248. The van der Waals surface area contributed by atoms with E-state index >= 15 is 0 Å². The molecule has 1 unspecified atom stereocenters. The highest BCUT2D eigenvalue weighted by Gasteiger charge is 2.49. The van der Waals surface area contributed by atoms with Gasteiger partial charge in [-0.15, -0.1) is 0 Å². The number of fused-ring (bicyclic) bond motifs is 1. The highest BCUT2D eigenvalue weighted by molar-refractivity contribution is 5.66. The second-order valence-electron chi connectivity index (χ2n) is 8.27. The van der Waals surface area contributed by atoms with Crippen molar-refractivity contribution in [1.29, 1.82) is 0 Å². The summed E-state index contributed by atoms with van der Waals surface area (Å²) in [6.07, 6.45) is 3.67. The lowest BCUT2D eigenvalue weighted by molar-refractivity contribution is 0.373. The molecule has 0 radical (unpaired) electrons. The molecule has 140 valence electrons. The minimum Gasteiger partial charge on any atom is -0.506 e. The predicted octanol–water partition coefficient (Wildman–Crippen LogP) is 4.59. The molecule has 0 bridgehead atoms. The van der Waals surface area contributed by atoms with Crippen molar-refractivity contribution in [1.82, 2.24) is 0 Å². The summed E-state index contributed by atoms with van der Waals surface area (Å²) in [5, 5.41) is 20.7. The van der Waals surface area contributed by atoms with Crippen LogP contribution in [0.4, 0.5) is 11.4 Å². The number of anilines is 2. The molecule has 0 heterocycles. The molecule has 0 saturated carbocycles. The number of phenols is 2. The standard InChI is InChI=1S/C22H30N2O2/c1-5-7-22(14-10-19(25)17(23)8-13(14)6-2)12-21(3,4)15-9-18(24)20(26)11-16(15)22/h8-11,25-26H,5-7,12,23-24H2,1-4H3. The Balaban J connectivity index is 2.37. The summed E-state index contributed by atoms with van der Waals surface area (Å²) < 4.78 is 0. The lowest BCUT2D eigenvalue weighted by atomic mass is 9.68. The fourth-order valence-electron chi connectivity index (χ4n) is 4.92. The fourth-order valence-corrected chi connectivity index (χ4v) is 4.92. The number of rotatable bonds is 4. The van der Waals surface area contributed by atoms with Crippen LogP contribution in [0.5, 0.6) is 11.5 Å². The molecule has 0 fully saturated rings. The van der Waals surface area contributed by atoms with E-state index in [2.05, 4.69) is 27.7 Å². The number of nitrogen functional groups attached to an aromatic ring is 2. The largest absolute Gasteiger partial charge is 0.506 e. The first-order valence-electron chi connectivity index (χ1n) is 9.41. The first-order chi connectivity index (χ1) is 12.2. The molecule has 4 heteroatoms. The lowest BCUT2D eigenvalue weighted by Crippen LogP contribution is -2.28. The van der Waals surface area contributed by atoms with Crippen LogP contribution in [0.3, 0.4) is 0 Å². The Hall–Kier alpha value is -2.36. The summed E-state index contributed by atoms with van der Waals surface area (Å²) in [6, 6.07) is 7.49. The number of phenolic OH excluding ortho intramolecular Hbond substituents is 2. The van der Waals surface area contributed by atoms with Crippen LogP contribution in [0.1, 0.15) is 69.2 Å². The summed E-state index contributed by atoms with van der Waals surface area (Å²) >= 11 is 0. The molecule has 0 amide bonds. The third-order valence-electron chi connectivity index (χ3n) is 5.98. The van der Waals surface area contributed by atoms with Gasteiger partial charge in [0.2, 0.25) is 0 Å². The molecule has 26 heavy (non-hydrogen) atoms. The second kappa shape index (κ2) is 6.11. The van der Waals surface area contributed by atoms with Gasteiger partial charge in [0.1, 0.15) is 11.5 Å². The average Bonchev–Trinajstić information content (AvgIpc) is 2.78. The topological polar surface area (TPSA) is 92.5 Å². The van der Waals surface area contributed by atoms with Gasteiger partial charge in [-0.2, -0.15) is 0 Å². The quantitative estimate of drug-likeness (QED) is 0.477. The van der Waals surface area contributed by atoms with Crippen molar-refractivity contribution >= 4 is 11.4 Å². The monoisotopic (exact) mass is 354 g/mol. The zero-order valence-electron chi connectivity index (χ0n) is 16.2. The second-order valence-corrected chi connectivity index (χ2v) is 8.27. The van der Waals surface area contributed by atoms with E-state index in [9.17, 15) is 10.2 Å². The van der Waals surface area contributed by atoms with Gasteiger partial charge in [-0.25, -0.2) is 0 Å². The van der Waals surface area contributed by atoms with Gasteiger partial charge in [-0.05, 0) is 71.2 Å². The number of hydrogen-bond donors (Lipinski definition) is 4. The van der Waals surface area contributed by atoms with Gasteiger partial charge < -0.3 is 21.7 Å². The molecule has 2 aromatic rings. The minimum absolute atomic E-state index is 0.0751. The number of aromatic hydroxyl groups is 2. The molecule has 4 nitrogen and oxygen atoms in total. The molecule has 1 aliphatic carbocycles. The molecular formula is C22H30N2O2. The number of nitrogens with two attached hydrogens (primary N) is 2. The van der Waals surface area contributed by atoms with Crippen LogP contribution >= 0.6 is 0 Å². The van der Waals surface area contributed by atoms with Crippen molar-refractivity contribution in [3.63, 3.8) is 0 Å². The highest BCUT2D eigenvalue weighted by atomic mass is 16.3. The van der Waals surface area contributed by atoms with Crippen LogP contribution in [0.25, 0.3) is 0 Å². The normalized spacial score (nSPS) is 20.9. The van der Waals surface area contributed by atoms with Gasteiger partial charge in [0.15, 0.2) is 0 Å². The van der Waals surface area contributed by atoms with E-state index in [0.717, 1.165) is 42.4 Å². The van der Waals surface area contributed by atoms with E-state index in [4.69, 9.17) is 11.5 Å². The summed E-state index contributed by atoms with van der Waals surface area (Å²) in [4.78, 5) is 0. The Bertz CT molecular complexity index is 858. The Kier molecular flexibility index (Phi) is 4.33. The van der Waals surface area contributed by atoms with Crippen molar-refractivity contribution in [2.75, 3.05) is 11.5 Å². The first kappa shape index (κ1) is 18.4. The summed E-state index contributed by atoms with van der Waals surface area (Å²) in [6.45, 7) is 8.73. The molecule has 0 aliphatic heterocycles. The van der Waals surface area contributed by atoms with Crippen LogP contribution in [0.2, 0.25) is 0 Å². The Morgan fingerprint density at radius 2 is 1.46 bits per heavy atom. The van der Waals surface area contributed by atoms with Crippen LogP contribution in [0.15, 0.2) is 24.3 Å². The van der Waals surface area contributed by atoms with E-state index in [0.29, 0.717) is 11.4 Å². The van der Waals surface area contributed by atoms with Crippen molar-refractivity contribution in [2.45, 2.75) is 64.2 Å². The predicted molar refractivity (Wildman–Crippen MR) is 108 cm³/mol. The Labute approximate surface area is 155 Å². The van der Waals surface area contributed by atoms with E-state index in [-0.39, 0.29) is 22.3 Å². The van der Waals surface area contributed by atoms with Gasteiger partial charge in [0, 0.05) is 5.41 Å². The average molecular weight is 354 g/mol. The fraction of sp³-hybridized carbons (Fsp3) is 0.455. The highest BCUT2D eigenvalue weighted by Crippen LogP contribution is 2.57. The van der Waals surface area contributed by atoms with Crippen molar-refractivity contribution in [2.24, 2.45) is 0 Å². The summed E-state index contributed by atoms with van der Waals surface area (Å²) in [5.41, 5.74) is 17.0. The molecule has 1 atom stereocenters. The van der Waals surface area contributed by atoms with Crippen LogP contribution in [-0.4, -0.2) is 10.2 Å². The van der Waals surface area contributed by atoms with E-state index in [1.165, 1.54) is 5.56 Å². The van der Waals surface area contributed by atoms with Crippen molar-refractivity contribution in [3.05, 3.63) is 46.5 Å². The Morgan fingerprint density at radius 3 is 2.04 bits per heavy atom. The van der Waals surface area contributed by atoms with Crippen LogP contribution in [-0.2, 0) is 17.3 Å². The molecule has 0 saturated heterocycles. The third kappa shape index (κ3) is 2.59. The van der Waals surface area contributed by atoms with E-state index in [1.54, 1.807) is 0 Å². The Morgan fingerprint density at radius 1 is 0.885 bits per heavy atom. The maximum Gasteiger partial charge on any atom is 0.138 e. The molecule has 3 rings (SSSR count). The molecule has 1 aliphatic rings. The first-order valence-corrected chi connectivity index (χ1v) is 9.41. The molecule has 6 N–H and O–H groups in total. The van der Waals surface area contributed by atoms with Crippen LogP contribution < -0.4 is 11.5 Å². The maximum atomic E-state index is 10.3. The molecule has 2 aromatic carbocycles. The zero-order valence-corrected chi connectivity index (χ0v) is 16.2. The molecular weight excluding hydrogens is 324 g/mol. The van der Waals surface area contributed by atoms with Gasteiger partial charge in [0.25, 0.3) is 0 Å². The van der Waals surface area contributed by atoms with Crippen LogP contribution in [0, 0.1) is 0 Å². The zero-order chi connectivity index (χ0) is 19.3.